The van der Waals surface area contributed by atoms with E-state index >= 15 is 4.39 Å². The number of aryl methyl sites for hydroxylation is 1. The number of aldehydes is 1. The normalized spacial score (nSPS) is 19.2. The molecule has 2 fully saturated rings. The molecule has 9 heteroatoms. The molecule has 36 heavy (non-hydrogen) atoms. The first-order chi connectivity index (χ1) is 17.6. The minimum Gasteiger partial charge on any atom is -0.508 e. The number of nitrogens with zero attached hydrogens (tertiary/aromatic N) is 4. The molecule has 6 rings (SSSR count). The molecule has 2 aliphatic rings. The average molecular weight is 488 g/mol. The van der Waals surface area contributed by atoms with E-state index in [2.05, 4.69) is 25.2 Å². The largest absolute Gasteiger partial charge is 0.508 e. The second kappa shape index (κ2) is 8.98. The molecule has 2 bridgehead atoms. The number of hydrogen-bond donors (Lipinski definition) is 2. The number of carbonyl (C=O) groups excluding carboxylic acids is 1. The molecule has 2 saturated heterocycles. The lowest BCUT2D eigenvalue weighted by atomic mass is 9.95. The number of aromatic hydroxyl groups is 1. The number of aromatic nitrogens is 3. The molecule has 184 valence electrons. The van der Waals surface area contributed by atoms with Gasteiger partial charge in [0, 0.05) is 36.9 Å². The van der Waals surface area contributed by atoms with Crippen LogP contribution in [0.15, 0.2) is 36.5 Å². The number of ether oxygens (including phenoxy) is 1. The molecular weight excluding hydrogens is 461 g/mol. The number of phenolic OH excluding ortho intramolecular Hbond substituents is 1. The number of nitrogens with one attached hydrogen (secondary N) is 1. The second-order valence-corrected chi connectivity index (χ2v) is 9.40. The summed E-state index contributed by atoms with van der Waals surface area (Å²) in [6.45, 7) is 3.27. The predicted octanol–water partition coefficient (Wildman–Crippen LogP) is 3.77. The summed E-state index contributed by atoms with van der Waals surface area (Å²) in [5, 5.41) is 16.1. The average Bonchev–Trinajstić information content (AvgIpc) is 3.23. The summed E-state index contributed by atoms with van der Waals surface area (Å²) < 4.78 is 21.7. The van der Waals surface area contributed by atoms with Gasteiger partial charge in [-0.05, 0) is 47.7 Å². The van der Waals surface area contributed by atoms with Crippen molar-refractivity contribution in [2.45, 2.75) is 38.3 Å². The minimum absolute atomic E-state index is 0.0294. The lowest BCUT2D eigenvalue weighted by molar-refractivity contribution is -0.109. The van der Waals surface area contributed by atoms with Gasteiger partial charge in [-0.25, -0.2) is 4.39 Å². The van der Waals surface area contributed by atoms with Crippen LogP contribution in [0.2, 0.25) is 0 Å². The Bertz CT molecular complexity index is 1480. The van der Waals surface area contributed by atoms with Crippen LogP contribution in [0.1, 0.15) is 25.3 Å². The van der Waals surface area contributed by atoms with Gasteiger partial charge in [-0.15, -0.1) is 0 Å². The number of phenols is 1. The van der Waals surface area contributed by atoms with Gasteiger partial charge >= 0.3 is 6.01 Å². The molecule has 2 N–H and O–H groups in total. The van der Waals surface area contributed by atoms with Crippen molar-refractivity contribution in [1.82, 2.24) is 20.3 Å². The highest BCUT2D eigenvalue weighted by atomic mass is 19.1. The van der Waals surface area contributed by atoms with E-state index in [0.717, 1.165) is 48.7 Å². The number of hydrogen-bond acceptors (Lipinski definition) is 8. The summed E-state index contributed by atoms with van der Waals surface area (Å²) in [6, 6.07) is 9.65. The van der Waals surface area contributed by atoms with Crippen LogP contribution < -0.4 is 15.0 Å². The van der Waals surface area contributed by atoms with Crippen LogP contribution in [0, 0.1) is 5.82 Å². The van der Waals surface area contributed by atoms with E-state index in [1.54, 1.807) is 18.3 Å². The zero-order valence-electron chi connectivity index (χ0n) is 19.9. The topological polar surface area (TPSA) is 100 Å². The first-order valence-corrected chi connectivity index (χ1v) is 12.2. The molecule has 2 unspecified atom stereocenters. The third-order valence-corrected chi connectivity index (χ3v) is 7.12. The fraction of sp³-hybridized carbons (Fsp3) is 0.333. The molecule has 0 amide bonds. The third kappa shape index (κ3) is 3.80. The van der Waals surface area contributed by atoms with Crippen molar-refractivity contribution < 1.29 is 19.0 Å². The van der Waals surface area contributed by atoms with Gasteiger partial charge in [0.2, 0.25) is 0 Å². The summed E-state index contributed by atoms with van der Waals surface area (Å²) in [6.07, 6.45) is 5.12. The fourth-order valence-electron chi connectivity index (χ4n) is 5.56. The molecule has 2 aliphatic heterocycles. The van der Waals surface area contributed by atoms with Gasteiger partial charge < -0.3 is 20.1 Å². The summed E-state index contributed by atoms with van der Waals surface area (Å²) >= 11 is 0. The maximum absolute atomic E-state index is 16.3. The third-order valence-electron chi connectivity index (χ3n) is 7.12. The molecule has 2 aromatic heterocycles. The van der Waals surface area contributed by atoms with E-state index in [9.17, 15) is 9.90 Å². The van der Waals surface area contributed by atoms with E-state index in [1.165, 1.54) is 0 Å². The first kappa shape index (κ1) is 22.6. The van der Waals surface area contributed by atoms with Gasteiger partial charge in [0.05, 0.1) is 5.39 Å². The van der Waals surface area contributed by atoms with E-state index in [-0.39, 0.29) is 29.6 Å². The zero-order valence-corrected chi connectivity index (χ0v) is 19.9. The Kier molecular flexibility index (Phi) is 5.64. The summed E-state index contributed by atoms with van der Waals surface area (Å²) in [5.41, 5.74) is 1.69. The minimum atomic E-state index is -0.622. The monoisotopic (exact) mass is 487 g/mol. The van der Waals surface area contributed by atoms with Crippen LogP contribution in [0.3, 0.4) is 0 Å². The van der Waals surface area contributed by atoms with Crippen molar-refractivity contribution in [3.63, 3.8) is 0 Å². The number of carbonyl (C=O) groups is 1. The Morgan fingerprint density at radius 1 is 1.22 bits per heavy atom. The Morgan fingerprint density at radius 3 is 2.78 bits per heavy atom. The zero-order chi connectivity index (χ0) is 24.8. The number of fused-ring (bicyclic) bond motifs is 4. The van der Waals surface area contributed by atoms with Crippen LogP contribution >= 0.6 is 0 Å². The van der Waals surface area contributed by atoms with Gasteiger partial charge in [-0.2, -0.15) is 9.97 Å². The van der Waals surface area contributed by atoms with Gasteiger partial charge in [0.15, 0.2) is 12.1 Å². The van der Waals surface area contributed by atoms with Crippen molar-refractivity contribution >= 4 is 33.8 Å². The maximum atomic E-state index is 16.3. The highest BCUT2D eigenvalue weighted by Gasteiger charge is 2.34. The predicted molar refractivity (Wildman–Crippen MR) is 135 cm³/mol. The highest BCUT2D eigenvalue weighted by Crippen LogP contribution is 2.38. The molecule has 0 spiro atoms. The van der Waals surface area contributed by atoms with E-state index in [1.807, 2.05) is 25.1 Å². The van der Waals surface area contributed by atoms with Gasteiger partial charge in [0.25, 0.3) is 0 Å². The quantitative estimate of drug-likeness (QED) is 0.397. The number of benzene rings is 2. The Morgan fingerprint density at radius 2 is 2.03 bits per heavy atom. The summed E-state index contributed by atoms with van der Waals surface area (Å²) in [5.74, 6) is -0.0444. The lowest BCUT2D eigenvalue weighted by Crippen LogP contribution is -2.51. The van der Waals surface area contributed by atoms with Crippen LogP contribution in [0.4, 0.5) is 10.2 Å². The molecule has 0 radical (unpaired) electrons. The van der Waals surface area contributed by atoms with E-state index in [0.29, 0.717) is 35.1 Å². The van der Waals surface area contributed by atoms with Crippen molar-refractivity contribution in [3.8, 4) is 23.0 Å². The molecule has 8 nitrogen and oxygen atoms in total. The van der Waals surface area contributed by atoms with E-state index < -0.39 is 5.82 Å². The van der Waals surface area contributed by atoms with E-state index in [4.69, 9.17) is 4.74 Å². The van der Waals surface area contributed by atoms with Gasteiger partial charge in [0.1, 0.15) is 29.4 Å². The lowest BCUT2D eigenvalue weighted by Gasteiger charge is -2.34. The highest BCUT2D eigenvalue weighted by molar-refractivity contribution is 6.01. The smallest absolute Gasteiger partial charge is 0.319 e. The van der Waals surface area contributed by atoms with Crippen LogP contribution in [0.25, 0.3) is 32.9 Å². The SMILES string of the molecule is CCc1cccc2cc(O)cc(-c3ncc4c(N5CC6CCC(C5)N6)nc(OCC=O)nc4c3F)c12. The molecule has 0 saturated carbocycles. The molecule has 4 heterocycles. The van der Waals surface area contributed by atoms with Gasteiger partial charge in [-0.3, -0.25) is 9.78 Å². The van der Waals surface area contributed by atoms with Gasteiger partial charge in [-0.1, -0.05) is 25.1 Å². The fourth-order valence-corrected chi connectivity index (χ4v) is 5.56. The van der Waals surface area contributed by atoms with Crippen LogP contribution in [0.5, 0.6) is 11.8 Å². The Hall–Kier alpha value is -3.85. The summed E-state index contributed by atoms with van der Waals surface area (Å²) in [4.78, 5) is 26.5. The molecule has 2 atom stereocenters. The number of halogens is 1. The van der Waals surface area contributed by atoms with Crippen molar-refractivity contribution in [2.24, 2.45) is 0 Å². The number of pyridine rings is 1. The number of rotatable bonds is 6. The number of piperazine rings is 1. The first-order valence-electron chi connectivity index (χ1n) is 12.2. The molecule has 4 aromatic rings. The second-order valence-electron chi connectivity index (χ2n) is 9.40. The number of anilines is 1. The Labute approximate surface area is 207 Å². The Balaban J connectivity index is 1.57. The maximum Gasteiger partial charge on any atom is 0.319 e. The standard InChI is InChI=1S/C27H26FN5O3/c1-2-15-4-3-5-16-10-19(35)11-20(22(15)16)24-23(28)25-21(12-29-24)26(32-27(31-25)36-9-8-34)33-13-17-6-7-18(14-33)30-17/h3-5,8,10-12,17-18,30,35H,2,6-7,9,13-14H2,1H3. The van der Waals surface area contributed by atoms with Crippen LogP contribution in [-0.4, -0.2) is 58.1 Å². The molecular formula is C27H26FN5O3. The van der Waals surface area contributed by atoms with Crippen molar-refractivity contribution in [3.05, 3.63) is 47.9 Å². The van der Waals surface area contributed by atoms with Crippen molar-refractivity contribution in [1.29, 1.82) is 0 Å². The van der Waals surface area contributed by atoms with Crippen molar-refractivity contribution in [2.75, 3.05) is 24.6 Å². The van der Waals surface area contributed by atoms with Crippen LogP contribution in [-0.2, 0) is 11.2 Å². The molecule has 0 aliphatic carbocycles. The molecule has 2 aromatic carbocycles. The summed E-state index contributed by atoms with van der Waals surface area (Å²) in [7, 11) is 0.